The number of nitrogens with zero attached hydrogens (tertiary/aromatic N) is 2. The van der Waals surface area contributed by atoms with Crippen LogP contribution >= 0.6 is 11.3 Å². The SMILES string of the molecule is CCC(=O)Nc1ccc(C(=O)NCCNC(=O)c2sc3nc(-c4ccc(OC)cc4)cn3c2C)cc1. The number of ether oxygens (including phenoxy) is 1. The molecular formula is C26H27N5O4S. The van der Waals surface area contributed by atoms with Gasteiger partial charge in [-0.1, -0.05) is 18.3 Å². The number of imidazole rings is 1. The molecule has 4 rings (SSSR count). The van der Waals surface area contributed by atoms with Gasteiger partial charge in [-0.3, -0.25) is 18.8 Å². The van der Waals surface area contributed by atoms with Gasteiger partial charge in [0.2, 0.25) is 5.91 Å². The number of aromatic nitrogens is 2. The fourth-order valence-electron chi connectivity index (χ4n) is 3.55. The van der Waals surface area contributed by atoms with Crippen molar-refractivity contribution in [3.8, 4) is 17.0 Å². The molecule has 0 radical (unpaired) electrons. The number of rotatable bonds is 9. The molecule has 3 N–H and O–H groups in total. The summed E-state index contributed by atoms with van der Waals surface area (Å²) in [5.41, 5.74) is 3.70. The van der Waals surface area contributed by atoms with Crippen LogP contribution < -0.4 is 20.7 Å². The number of thiazole rings is 1. The minimum absolute atomic E-state index is 0.0880. The van der Waals surface area contributed by atoms with Crippen molar-refractivity contribution in [2.75, 3.05) is 25.5 Å². The van der Waals surface area contributed by atoms with Crippen molar-refractivity contribution >= 4 is 39.7 Å². The summed E-state index contributed by atoms with van der Waals surface area (Å²) in [6, 6.07) is 14.3. The first-order chi connectivity index (χ1) is 17.4. The molecule has 4 aromatic rings. The highest BCUT2D eigenvalue weighted by Crippen LogP contribution is 2.28. The van der Waals surface area contributed by atoms with Gasteiger partial charge in [0.1, 0.15) is 10.6 Å². The Morgan fingerprint density at radius 2 is 1.64 bits per heavy atom. The number of carbonyl (C=O) groups excluding carboxylic acids is 3. The second-order valence-electron chi connectivity index (χ2n) is 8.01. The highest BCUT2D eigenvalue weighted by molar-refractivity contribution is 7.19. The minimum atomic E-state index is -0.255. The Labute approximate surface area is 212 Å². The third kappa shape index (κ3) is 5.55. The van der Waals surface area contributed by atoms with E-state index in [1.165, 1.54) is 11.3 Å². The van der Waals surface area contributed by atoms with E-state index in [9.17, 15) is 14.4 Å². The number of carbonyl (C=O) groups is 3. The molecule has 2 aromatic heterocycles. The normalized spacial score (nSPS) is 10.8. The van der Waals surface area contributed by atoms with E-state index >= 15 is 0 Å². The van der Waals surface area contributed by atoms with Crippen molar-refractivity contribution < 1.29 is 19.1 Å². The standard InChI is InChI=1S/C26H27N5O4S/c1-4-22(32)29-19-9-5-18(6-10-19)24(33)27-13-14-28-25(34)23-16(2)31-15-21(30-26(31)36-23)17-7-11-20(35-3)12-8-17/h5-12,15H,4,13-14H2,1-3H3,(H,27,33)(H,28,34)(H,29,32). The molecule has 0 atom stereocenters. The van der Waals surface area contributed by atoms with Gasteiger partial charge in [-0.2, -0.15) is 0 Å². The first-order valence-electron chi connectivity index (χ1n) is 11.5. The predicted octanol–water partition coefficient (Wildman–Crippen LogP) is 3.89. The average molecular weight is 506 g/mol. The molecule has 2 heterocycles. The Morgan fingerprint density at radius 1 is 0.972 bits per heavy atom. The molecule has 0 aliphatic heterocycles. The van der Waals surface area contributed by atoms with E-state index in [4.69, 9.17) is 4.74 Å². The van der Waals surface area contributed by atoms with Crippen molar-refractivity contribution in [2.24, 2.45) is 0 Å². The van der Waals surface area contributed by atoms with Crippen LogP contribution in [0.15, 0.2) is 54.7 Å². The number of hydrogen-bond acceptors (Lipinski definition) is 6. The maximum absolute atomic E-state index is 12.7. The molecule has 0 aliphatic rings. The number of nitrogens with one attached hydrogen (secondary N) is 3. The lowest BCUT2D eigenvalue weighted by atomic mass is 10.2. The summed E-state index contributed by atoms with van der Waals surface area (Å²) in [7, 11) is 1.63. The van der Waals surface area contributed by atoms with Crippen LogP contribution in [0.4, 0.5) is 5.69 Å². The Bertz CT molecular complexity index is 1390. The van der Waals surface area contributed by atoms with Crippen molar-refractivity contribution in [1.29, 1.82) is 0 Å². The summed E-state index contributed by atoms with van der Waals surface area (Å²) in [5, 5.41) is 8.37. The molecule has 0 aliphatic carbocycles. The van der Waals surface area contributed by atoms with Crippen molar-refractivity contribution in [3.05, 3.63) is 70.9 Å². The number of aryl methyl sites for hydroxylation is 1. The summed E-state index contributed by atoms with van der Waals surface area (Å²) in [4.78, 5) is 42.5. The molecule has 2 aromatic carbocycles. The van der Waals surface area contributed by atoms with Crippen LogP contribution in [0.1, 0.15) is 39.1 Å². The van der Waals surface area contributed by atoms with Crippen molar-refractivity contribution in [3.63, 3.8) is 0 Å². The third-order valence-electron chi connectivity index (χ3n) is 5.60. The summed E-state index contributed by atoms with van der Waals surface area (Å²) in [6.07, 6.45) is 2.30. The number of fused-ring (bicyclic) bond motifs is 1. The predicted molar refractivity (Wildman–Crippen MR) is 140 cm³/mol. The van der Waals surface area contributed by atoms with Crippen LogP contribution in [-0.4, -0.2) is 47.3 Å². The number of methoxy groups -OCH3 is 1. The van der Waals surface area contributed by atoms with E-state index in [2.05, 4.69) is 20.9 Å². The largest absolute Gasteiger partial charge is 0.497 e. The molecule has 10 heteroatoms. The molecule has 0 bridgehead atoms. The van der Waals surface area contributed by atoms with Gasteiger partial charge in [0.05, 0.1) is 12.8 Å². The quantitative estimate of drug-likeness (QED) is 0.299. The van der Waals surface area contributed by atoms with Gasteiger partial charge in [-0.15, -0.1) is 0 Å². The zero-order valence-electron chi connectivity index (χ0n) is 20.3. The lowest BCUT2D eigenvalue weighted by molar-refractivity contribution is -0.115. The summed E-state index contributed by atoms with van der Waals surface area (Å²) in [5.74, 6) is 0.227. The Morgan fingerprint density at radius 3 is 2.25 bits per heavy atom. The van der Waals surface area contributed by atoms with E-state index in [-0.39, 0.29) is 30.8 Å². The summed E-state index contributed by atoms with van der Waals surface area (Å²) in [6.45, 7) is 4.22. The molecule has 3 amide bonds. The van der Waals surface area contributed by atoms with Crippen LogP contribution in [0.2, 0.25) is 0 Å². The summed E-state index contributed by atoms with van der Waals surface area (Å²) >= 11 is 1.32. The van der Waals surface area contributed by atoms with Gasteiger partial charge < -0.3 is 20.7 Å². The van der Waals surface area contributed by atoms with Gasteiger partial charge >= 0.3 is 0 Å². The molecule has 0 spiro atoms. The Balaban J connectivity index is 1.30. The van der Waals surface area contributed by atoms with Gasteiger partial charge in [0.25, 0.3) is 11.8 Å². The van der Waals surface area contributed by atoms with E-state index in [0.717, 1.165) is 27.7 Å². The van der Waals surface area contributed by atoms with Crippen molar-refractivity contribution in [1.82, 2.24) is 20.0 Å². The maximum Gasteiger partial charge on any atom is 0.263 e. The monoisotopic (exact) mass is 505 g/mol. The average Bonchev–Trinajstić information content (AvgIpc) is 3.46. The zero-order valence-corrected chi connectivity index (χ0v) is 21.1. The highest BCUT2D eigenvalue weighted by Gasteiger charge is 2.18. The van der Waals surface area contributed by atoms with Crippen LogP contribution in [-0.2, 0) is 4.79 Å². The highest BCUT2D eigenvalue weighted by atomic mass is 32.1. The lowest BCUT2D eigenvalue weighted by Crippen LogP contribution is -2.34. The molecule has 9 nitrogen and oxygen atoms in total. The number of hydrogen-bond donors (Lipinski definition) is 3. The van der Waals surface area contributed by atoms with Crippen LogP contribution in [0, 0.1) is 6.92 Å². The Hall–Kier alpha value is -4.18. The third-order valence-corrected chi connectivity index (χ3v) is 6.75. The second kappa shape index (κ2) is 11.0. The maximum atomic E-state index is 12.7. The van der Waals surface area contributed by atoms with E-state index in [1.807, 2.05) is 41.8 Å². The van der Waals surface area contributed by atoms with Gasteiger partial charge in [-0.05, 0) is 55.5 Å². The minimum Gasteiger partial charge on any atom is -0.497 e. The molecular weight excluding hydrogens is 478 g/mol. The fourth-order valence-corrected chi connectivity index (χ4v) is 4.58. The van der Waals surface area contributed by atoms with E-state index in [0.29, 0.717) is 22.5 Å². The van der Waals surface area contributed by atoms with Gasteiger partial charge in [-0.25, -0.2) is 4.98 Å². The molecule has 0 saturated heterocycles. The first-order valence-corrected chi connectivity index (χ1v) is 12.3. The lowest BCUT2D eigenvalue weighted by Gasteiger charge is -2.08. The second-order valence-corrected chi connectivity index (χ2v) is 8.99. The number of amides is 3. The molecule has 36 heavy (non-hydrogen) atoms. The van der Waals surface area contributed by atoms with Gasteiger partial charge in [0, 0.05) is 48.2 Å². The van der Waals surface area contributed by atoms with Crippen LogP contribution in [0.25, 0.3) is 16.2 Å². The van der Waals surface area contributed by atoms with Gasteiger partial charge in [0.15, 0.2) is 4.96 Å². The topological polar surface area (TPSA) is 114 Å². The fraction of sp³-hybridized carbons (Fsp3) is 0.231. The molecule has 0 saturated carbocycles. The van der Waals surface area contributed by atoms with E-state index in [1.54, 1.807) is 38.3 Å². The number of anilines is 1. The molecule has 186 valence electrons. The smallest absolute Gasteiger partial charge is 0.263 e. The van der Waals surface area contributed by atoms with Crippen LogP contribution in [0.3, 0.4) is 0 Å². The zero-order chi connectivity index (χ0) is 25.7. The van der Waals surface area contributed by atoms with E-state index < -0.39 is 0 Å². The molecule has 0 fully saturated rings. The first kappa shape index (κ1) is 24.9. The Kier molecular flexibility index (Phi) is 7.65. The van der Waals surface area contributed by atoms with Crippen LogP contribution in [0.5, 0.6) is 5.75 Å². The molecule has 0 unspecified atom stereocenters. The summed E-state index contributed by atoms with van der Waals surface area (Å²) < 4.78 is 7.11. The number of benzene rings is 2. The van der Waals surface area contributed by atoms with Crippen molar-refractivity contribution in [2.45, 2.75) is 20.3 Å².